The second kappa shape index (κ2) is 7.25. The molecule has 0 unspecified atom stereocenters. The van der Waals surface area contributed by atoms with Crippen molar-refractivity contribution in [1.82, 2.24) is 24.8 Å². The Kier molecular flexibility index (Phi) is 4.62. The van der Waals surface area contributed by atoms with E-state index in [0.717, 1.165) is 0 Å². The van der Waals surface area contributed by atoms with E-state index in [2.05, 4.69) is 37.4 Å². The molecule has 2 aliphatic rings. The molecule has 10 heteroatoms. The summed E-state index contributed by atoms with van der Waals surface area (Å²) >= 11 is 0. The Balaban J connectivity index is 1.59. The Morgan fingerprint density at radius 2 is 2.03 bits per heavy atom. The Labute approximate surface area is 182 Å². The Bertz CT molecular complexity index is 1300. The number of hydrogen-bond donors (Lipinski definition) is 4. The molecule has 4 N–H and O–H groups in total. The second-order valence-corrected chi connectivity index (χ2v) is 8.06. The van der Waals surface area contributed by atoms with Gasteiger partial charge in [-0.2, -0.15) is 0 Å². The molecule has 5 atom stereocenters. The summed E-state index contributed by atoms with van der Waals surface area (Å²) in [6, 6.07) is 5.57. The normalized spacial score (nSPS) is 28.0. The van der Waals surface area contributed by atoms with E-state index in [4.69, 9.17) is 0 Å². The number of fused-ring (bicyclic) bond motifs is 2. The smallest absolute Gasteiger partial charge is 0.229 e. The van der Waals surface area contributed by atoms with Crippen LogP contribution in [0.1, 0.15) is 23.9 Å². The highest BCUT2D eigenvalue weighted by atomic mass is 19.1. The molecule has 0 bridgehead atoms. The van der Waals surface area contributed by atoms with E-state index in [-0.39, 0.29) is 23.2 Å². The van der Waals surface area contributed by atoms with Gasteiger partial charge < -0.3 is 25.4 Å². The van der Waals surface area contributed by atoms with Gasteiger partial charge in [0.05, 0.1) is 29.5 Å². The summed E-state index contributed by atoms with van der Waals surface area (Å²) in [4.78, 5) is 25.7. The van der Waals surface area contributed by atoms with Crippen molar-refractivity contribution in [3.05, 3.63) is 47.8 Å². The molecular formula is C22H21FN6O3. The minimum atomic E-state index is -1.19. The number of halogens is 1. The summed E-state index contributed by atoms with van der Waals surface area (Å²) in [5, 5.41) is 27.0. The van der Waals surface area contributed by atoms with Crippen LogP contribution in [0.2, 0.25) is 0 Å². The van der Waals surface area contributed by atoms with Gasteiger partial charge in [-0.3, -0.25) is 4.79 Å². The van der Waals surface area contributed by atoms with E-state index in [0.29, 0.717) is 23.4 Å². The molecule has 1 aromatic carbocycles. The van der Waals surface area contributed by atoms with Crippen LogP contribution in [-0.2, 0) is 4.79 Å². The SMILES string of the molecule is CNC(=O)[C@@]12C[C@@H]1[C@@H](n1cnc3c(NC)nc(C#Cc4ccccc4F)nc31)[C@H](O)[C@@H]2O. The quantitative estimate of drug-likeness (QED) is 0.439. The largest absolute Gasteiger partial charge is 0.389 e. The first-order chi connectivity index (χ1) is 15.4. The zero-order chi connectivity index (χ0) is 22.6. The molecule has 164 valence electrons. The van der Waals surface area contributed by atoms with Crippen molar-refractivity contribution in [1.29, 1.82) is 0 Å². The molecular weight excluding hydrogens is 415 g/mol. The molecule has 0 radical (unpaired) electrons. The van der Waals surface area contributed by atoms with Gasteiger partial charge in [0.25, 0.3) is 0 Å². The summed E-state index contributed by atoms with van der Waals surface area (Å²) in [6.07, 6.45) is -0.378. The minimum absolute atomic E-state index is 0.147. The van der Waals surface area contributed by atoms with E-state index in [1.807, 2.05) is 0 Å². The Morgan fingerprint density at radius 3 is 2.75 bits per heavy atom. The van der Waals surface area contributed by atoms with Crippen molar-refractivity contribution in [2.75, 3.05) is 19.4 Å². The molecule has 1 amide bonds. The number of hydrogen-bond acceptors (Lipinski definition) is 7. The fraction of sp³-hybridized carbons (Fsp3) is 0.364. The fourth-order valence-corrected chi connectivity index (χ4v) is 4.84. The highest BCUT2D eigenvalue weighted by Gasteiger charge is 2.75. The van der Waals surface area contributed by atoms with E-state index in [1.54, 1.807) is 29.8 Å². The molecule has 0 saturated heterocycles. The maximum absolute atomic E-state index is 13.9. The maximum Gasteiger partial charge on any atom is 0.229 e. The highest BCUT2D eigenvalue weighted by molar-refractivity contribution is 5.88. The lowest BCUT2D eigenvalue weighted by Gasteiger charge is -2.23. The van der Waals surface area contributed by atoms with Gasteiger partial charge in [0.2, 0.25) is 11.7 Å². The topological polar surface area (TPSA) is 125 Å². The molecule has 3 aromatic rings. The molecule has 9 nitrogen and oxygen atoms in total. The molecule has 2 fully saturated rings. The van der Waals surface area contributed by atoms with Crippen molar-refractivity contribution < 1.29 is 19.4 Å². The van der Waals surface area contributed by atoms with Crippen molar-refractivity contribution >= 4 is 22.9 Å². The van der Waals surface area contributed by atoms with Crippen LogP contribution in [0, 0.1) is 29.0 Å². The number of nitrogens with one attached hydrogen (secondary N) is 2. The summed E-state index contributed by atoms with van der Waals surface area (Å²) in [6.45, 7) is 0. The number of carbonyl (C=O) groups is 1. The Hall–Kier alpha value is -3.55. The van der Waals surface area contributed by atoms with Crippen molar-refractivity contribution in [3.63, 3.8) is 0 Å². The minimum Gasteiger partial charge on any atom is -0.389 e. The summed E-state index contributed by atoms with van der Waals surface area (Å²) in [7, 11) is 3.19. The highest BCUT2D eigenvalue weighted by Crippen LogP contribution is 2.67. The van der Waals surface area contributed by atoms with Gasteiger partial charge in [-0.25, -0.2) is 19.3 Å². The lowest BCUT2D eigenvalue weighted by molar-refractivity contribution is -0.132. The van der Waals surface area contributed by atoms with Gasteiger partial charge in [-0.15, -0.1) is 0 Å². The zero-order valence-electron chi connectivity index (χ0n) is 17.4. The fourth-order valence-electron chi connectivity index (χ4n) is 4.84. The second-order valence-electron chi connectivity index (χ2n) is 8.06. The van der Waals surface area contributed by atoms with Gasteiger partial charge in [-0.05, 0) is 24.5 Å². The van der Waals surface area contributed by atoms with Crippen molar-refractivity contribution in [2.24, 2.45) is 11.3 Å². The first-order valence-electron chi connectivity index (χ1n) is 10.2. The average Bonchev–Trinajstić information content (AvgIpc) is 3.34. The van der Waals surface area contributed by atoms with Crippen LogP contribution < -0.4 is 10.6 Å². The maximum atomic E-state index is 13.9. The van der Waals surface area contributed by atoms with E-state index in [9.17, 15) is 19.4 Å². The number of benzene rings is 1. The molecule has 0 spiro atoms. The average molecular weight is 436 g/mol. The first kappa shape index (κ1) is 20.4. The number of aliphatic hydroxyl groups excluding tert-OH is 2. The number of carbonyl (C=O) groups excluding carboxylic acids is 1. The van der Waals surface area contributed by atoms with Crippen LogP contribution in [0.15, 0.2) is 30.6 Å². The molecule has 2 saturated carbocycles. The van der Waals surface area contributed by atoms with Crippen LogP contribution in [0.4, 0.5) is 10.2 Å². The van der Waals surface area contributed by atoms with Crippen LogP contribution in [-0.4, -0.2) is 61.9 Å². The number of imidazole rings is 1. The lowest BCUT2D eigenvalue weighted by Crippen LogP contribution is -2.41. The number of rotatable bonds is 3. The number of amides is 1. The molecule has 32 heavy (non-hydrogen) atoms. The van der Waals surface area contributed by atoms with Crippen LogP contribution >= 0.6 is 0 Å². The van der Waals surface area contributed by atoms with Gasteiger partial charge in [-0.1, -0.05) is 18.1 Å². The lowest BCUT2D eigenvalue weighted by atomic mass is 9.98. The van der Waals surface area contributed by atoms with Crippen LogP contribution in [0.3, 0.4) is 0 Å². The van der Waals surface area contributed by atoms with Gasteiger partial charge in [0, 0.05) is 20.0 Å². The Morgan fingerprint density at radius 1 is 1.25 bits per heavy atom. The molecule has 2 aromatic heterocycles. The standard InChI is InChI=1S/C22H21FN6O3/c1-24-19-15-20(28-14(27-19)8-7-11-5-3-4-6-13(11)23)29(10-26-15)16-12-9-22(12,21(32)25-2)18(31)17(16)30/h3-6,10,12,16-18,30-31H,9H2,1-2H3,(H,25,32)(H,24,27,28)/t12-,16-,17+,18+,22+/m1/s1. The molecule has 2 aliphatic carbocycles. The predicted molar refractivity (Wildman–Crippen MR) is 113 cm³/mol. The van der Waals surface area contributed by atoms with Crippen molar-refractivity contribution in [2.45, 2.75) is 24.7 Å². The van der Waals surface area contributed by atoms with Gasteiger partial charge in [0.1, 0.15) is 11.9 Å². The van der Waals surface area contributed by atoms with E-state index < -0.39 is 29.5 Å². The summed E-state index contributed by atoms with van der Waals surface area (Å²) < 4.78 is 15.6. The van der Waals surface area contributed by atoms with Crippen LogP contribution in [0.5, 0.6) is 0 Å². The molecule has 0 aliphatic heterocycles. The van der Waals surface area contributed by atoms with Gasteiger partial charge >= 0.3 is 0 Å². The summed E-state index contributed by atoms with van der Waals surface area (Å²) in [5.74, 6) is 5.10. The third kappa shape index (κ3) is 2.78. The third-order valence-electron chi connectivity index (χ3n) is 6.48. The first-order valence-corrected chi connectivity index (χ1v) is 10.2. The van der Waals surface area contributed by atoms with Crippen LogP contribution in [0.25, 0.3) is 11.2 Å². The number of aromatic nitrogens is 4. The predicted octanol–water partition coefficient (Wildman–Crippen LogP) is 0.436. The number of anilines is 1. The summed E-state index contributed by atoms with van der Waals surface area (Å²) in [5.41, 5.74) is 0.0713. The number of aliphatic hydroxyl groups is 2. The third-order valence-corrected chi connectivity index (χ3v) is 6.48. The van der Waals surface area contributed by atoms with Crippen molar-refractivity contribution in [3.8, 4) is 11.8 Å². The van der Waals surface area contributed by atoms with E-state index in [1.165, 1.54) is 19.4 Å². The zero-order valence-corrected chi connectivity index (χ0v) is 17.4. The molecule has 2 heterocycles. The van der Waals surface area contributed by atoms with Gasteiger partial charge in [0.15, 0.2) is 17.0 Å². The number of nitrogens with zero attached hydrogens (tertiary/aromatic N) is 4. The monoisotopic (exact) mass is 436 g/mol. The molecule has 5 rings (SSSR count). The van der Waals surface area contributed by atoms with E-state index >= 15 is 0 Å².